The van der Waals surface area contributed by atoms with Crippen LogP contribution in [0, 0.1) is 6.92 Å². The lowest BCUT2D eigenvalue weighted by atomic mass is 9.85. The van der Waals surface area contributed by atoms with E-state index in [1.807, 2.05) is 6.92 Å². The van der Waals surface area contributed by atoms with Gasteiger partial charge in [-0.15, -0.1) is 11.3 Å². The Labute approximate surface area is 116 Å². The maximum Gasteiger partial charge on any atom is 0.355 e. The molecule has 0 fully saturated rings. The van der Waals surface area contributed by atoms with Crippen LogP contribution in [-0.4, -0.2) is 16.1 Å². The molecule has 0 saturated carbocycles. The fraction of sp³-hybridized carbons (Fsp3) is 0.333. The topological polar surface area (TPSA) is 50.2 Å². The second-order valence-corrected chi connectivity index (χ2v) is 6.48. The third-order valence-corrected chi connectivity index (χ3v) is 3.93. The number of nitrogens with zero attached hydrogens (tertiary/aromatic N) is 1. The van der Waals surface area contributed by atoms with Gasteiger partial charge in [-0.25, -0.2) is 9.78 Å². The molecular formula is C15H17NO2S. The van der Waals surface area contributed by atoms with Gasteiger partial charge in [0, 0.05) is 10.9 Å². The minimum Gasteiger partial charge on any atom is -0.476 e. The molecule has 0 saturated heterocycles. The summed E-state index contributed by atoms with van der Waals surface area (Å²) in [6.07, 6.45) is 0. The van der Waals surface area contributed by atoms with Gasteiger partial charge in [0.1, 0.15) is 5.01 Å². The third kappa shape index (κ3) is 2.84. The highest BCUT2D eigenvalue weighted by atomic mass is 32.1. The van der Waals surface area contributed by atoms with E-state index in [9.17, 15) is 4.79 Å². The summed E-state index contributed by atoms with van der Waals surface area (Å²) in [4.78, 5) is 15.1. The summed E-state index contributed by atoms with van der Waals surface area (Å²) in [5.41, 5.74) is 3.53. The van der Waals surface area contributed by atoms with E-state index in [4.69, 9.17) is 5.11 Å². The zero-order valence-corrected chi connectivity index (χ0v) is 12.3. The summed E-state index contributed by atoms with van der Waals surface area (Å²) in [5, 5.41) is 11.3. The molecule has 1 heterocycles. The van der Waals surface area contributed by atoms with E-state index in [0.717, 1.165) is 16.1 Å². The number of benzene rings is 1. The quantitative estimate of drug-likeness (QED) is 0.897. The molecule has 0 amide bonds. The van der Waals surface area contributed by atoms with E-state index in [1.165, 1.54) is 16.9 Å². The van der Waals surface area contributed by atoms with Gasteiger partial charge < -0.3 is 5.11 Å². The average Bonchev–Trinajstić information content (AvgIpc) is 2.77. The van der Waals surface area contributed by atoms with Gasteiger partial charge in [-0.1, -0.05) is 32.9 Å². The first-order valence-corrected chi connectivity index (χ1v) is 6.97. The standard InChI is InChI=1S/C15H17NO2S/c1-9-5-6-10(15(2,3)4)7-11(9)13-16-12(8-19-13)14(17)18/h5-8H,1-4H3,(H,17,18). The van der Waals surface area contributed by atoms with E-state index < -0.39 is 5.97 Å². The van der Waals surface area contributed by atoms with Gasteiger partial charge in [0.15, 0.2) is 5.69 Å². The lowest BCUT2D eigenvalue weighted by Gasteiger charge is -2.20. The van der Waals surface area contributed by atoms with Gasteiger partial charge in [0.05, 0.1) is 0 Å². The van der Waals surface area contributed by atoms with Crippen LogP contribution in [0.2, 0.25) is 0 Å². The molecule has 0 spiro atoms. The van der Waals surface area contributed by atoms with Crippen molar-refractivity contribution in [3.63, 3.8) is 0 Å². The number of carbonyl (C=O) groups is 1. The fourth-order valence-corrected chi connectivity index (χ4v) is 2.69. The highest BCUT2D eigenvalue weighted by Crippen LogP contribution is 2.31. The summed E-state index contributed by atoms with van der Waals surface area (Å²) in [6.45, 7) is 8.49. The van der Waals surface area contributed by atoms with Crippen molar-refractivity contribution < 1.29 is 9.90 Å². The summed E-state index contributed by atoms with van der Waals surface area (Å²) in [6, 6.07) is 6.29. The number of hydrogen-bond acceptors (Lipinski definition) is 3. The monoisotopic (exact) mass is 275 g/mol. The van der Waals surface area contributed by atoms with E-state index in [0.29, 0.717) is 0 Å². The molecule has 1 aromatic heterocycles. The summed E-state index contributed by atoms with van der Waals surface area (Å²) in [7, 11) is 0. The summed E-state index contributed by atoms with van der Waals surface area (Å²) in [5.74, 6) is -0.980. The van der Waals surface area contributed by atoms with Crippen molar-refractivity contribution in [1.82, 2.24) is 4.98 Å². The molecule has 1 N–H and O–H groups in total. The van der Waals surface area contributed by atoms with Crippen molar-refractivity contribution in [1.29, 1.82) is 0 Å². The lowest BCUT2D eigenvalue weighted by Crippen LogP contribution is -2.11. The fourth-order valence-electron chi connectivity index (χ4n) is 1.81. The van der Waals surface area contributed by atoms with Crippen molar-refractivity contribution >= 4 is 17.3 Å². The Hall–Kier alpha value is -1.68. The van der Waals surface area contributed by atoms with Crippen LogP contribution in [0.25, 0.3) is 10.6 Å². The number of hydrogen-bond donors (Lipinski definition) is 1. The Morgan fingerprint density at radius 3 is 2.53 bits per heavy atom. The first kappa shape index (κ1) is 13.7. The SMILES string of the molecule is Cc1ccc(C(C)(C)C)cc1-c1nc(C(=O)O)cs1. The molecule has 2 aromatic rings. The van der Waals surface area contributed by atoms with E-state index >= 15 is 0 Å². The number of aromatic nitrogens is 1. The third-order valence-electron chi connectivity index (χ3n) is 3.06. The zero-order valence-electron chi connectivity index (χ0n) is 11.5. The molecule has 2 rings (SSSR count). The summed E-state index contributed by atoms with van der Waals surface area (Å²) < 4.78 is 0. The number of carboxylic acid groups (broad SMARTS) is 1. The molecule has 100 valence electrons. The molecule has 3 nitrogen and oxygen atoms in total. The van der Waals surface area contributed by atoms with Crippen LogP contribution in [0.1, 0.15) is 42.4 Å². The van der Waals surface area contributed by atoms with Crippen molar-refractivity contribution in [2.45, 2.75) is 33.1 Å². The van der Waals surface area contributed by atoms with Gasteiger partial charge in [0.25, 0.3) is 0 Å². The van der Waals surface area contributed by atoms with Crippen LogP contribution in [-0.2, 0) is 5.41 Å². The highest BCUT2D eigenvalue weighted by molar-refractivity contribution is 7.13. The Kier molecular flexibility index (Phi) is 3.45. The molecule has 0 aliphatic heterocycles. The van der Waals surface area contributed by atoms with Gasteiger partial charge in [-0.3, -0.25) is 0 Å². The minimum atomic E-state index is -0.980. The predicted octanol–water partition coefficient (Wildman–Crippen LogP) is 4.11. The maximum atomic E-state index is 10.9. The zero-order chi connectivity index (χ0) is 14.2. The van der Waals surface area contributed by atoms with Crippen LogP contribution in [0.4, 0.5) is 0 Å². The largest absolute Gasteiger partial charge is 0.476 e. The van der Waals surface area contributed by atoms with Crippen molar-refractivity contribution in [2.24, 2.45) is 0 Å². The smallest absolute Gasteiger partial charge is 0.355 e. The number of rotatable bonds is 2. The molecule has 0 bridgehead atoms. The molecule has 19 heavy (non-hydrogen) atoms. The van der Waals surface area contributed by atoms with E-state index in [1.54, 1.807) is 5.38 Å². The van der Waals surface area contributed by atoms with E-state index in [2.05, 4.69) is 44.0 Å². The molecule has 0 radical (unpaired) electrons. The number of carboxylic acids is 1. The molecular weight excluding hydrogens is 258 g/mol. The molecule has 4 heteroatoms. The predicted molar refractivity (Wildman–Crippen MR) is 77.9 cm³/mol. The second kappa shape index (κ2) is 4.78. The molecule has 0 atom stereocenters. The second-order valence-electron chi connectivity index (χ2n) is 5.62. The number of aromatic carboxylic acids is 1. The van der Waals surface area contributed by atoms with Crippen LogP contribution >= 0.6 is 11.3 Å². The van der Waals surface area contributed by atoms with Gasteiger partial charge >= 0.3 is 5.97 Å². The first-order chi connectivity index (χ1) is 8.79. The van der Waals surface area contributed by atoms with Crippen LogP contribution < -0.4 is 0 Å². The highest BCUT2D eigenvalue weighted by Gasteiger charge is 2.17. The van der Waals surface area contributed by atoms with Gasteiger partial charge in [-0.2, -0.15) is 0 Å². The molecule has 1 aromatic carbocycles. The average molecular weight is 275 g/mol. The van der Waals surface area contributed by atoms with Crippen molar-refractivity contribution in [2.75, 3.05) is 0 Å². The van der Waals surface area contributed by atoms with Crippen LogP contribution in [0.15, 0.2) is 23.6 Å². The Morgan fingerprint density at radius 2 is 2.00 bits per heavy atom. The Morgan fingerprint density at radius 1 is 1.32 bits per heavy atom. The number of aryl methyl sites for hydroxylation is 1. The molecule has 0 aliphatic rings. The minimum absolute atomic E-state index is 0.0648. The number of thiazole rings is 1. The van der Waals surface area contributed by atoms with Gasteiger partial charge in [-0.05, 0) is 29.5 Å². The maximum absolute atomic E-state index is 10.9. The first-order valence-electron chi connectivity index (χ1n) is 6.09. The Bertz CT molecular complexity index is 623. The van der Waals surface area contributed by atoms with Crippen LogP contribution in [0.3, 0.4) is 0 Å². The molecule has 0 aliphatic carbocycles. The normalized spacial score (nSPS) is 11.6. The van der Waals surface area contributed by atoms with Crippen molar-refractivity contribution in [3.8, 4) is 10.6 Å². The van der Waals surface area contributed by atoms with Crippen LogP contribution in [0.5, 0.6) is 0 Å². The van der Waals surface area contributed by atoms with Crippen molar-refractivity contribution in [3.05, 3.63) is 40.4 Å². The van der Waals surface area contributed by atoms with Gasteiger partial charge in [0.2, 0.25) is 0 Å². The molecule has 0 unspecified atom stereocenters. The lowest BCUT2D eigenvalue weighted by molar-refractivity contribution is 0.0691. The summed E-state index contributed by atoms with van der Waals surface area (Å²) >= 11 is 1.37. The van der Waals surface area contributed by atoms with E-state index in [-0.39, 0.29) is 11.1 Å². The Balaban J connectivity index is 2.51.